The number of aromatic amines is 1. The second kappa shape index (κ2) is 10.1. The molecule has 34 heavy (non-hydrogen) atoms. The van der Waals surface area contributed by atoms with E-state index in [-0.39, 0.29) is 23.2 Å². The summed E-state index contributed by atoms with van der Waals surface area (Å²) in [5, 5.41) is 5.67. The minimum atomic E-state index is -4.24. The number of carbonyl (C=O) groups is 1. The molecule has 1 aliphatic heterocycles. The summed E-state index contributed by atoms with van der Waals surface area (Å²) in [6.45, 7) is 1.29. The normalized spacial score (nSPS) is 14.8. The molecule has 0 fully saturated rings. The van der Waals surface area contributed by atoms with Crippen LogP contribution in [0.1, 0.15) is 12.0 Å². The number of rotatable bonds is 6. The molecule has 5 nitrogen and oxygen atoms in total. The number of hydrogen-bond acceptors (Lipinski definition) is 3. The first-order valence-electron chi connectivity index (χ1n) is 10.4. The van der Waals surface area contributed by atoms with Crippen LogP contribution in [-0.2, 0) is 0 Å². The van der Waals surface area contributed by atoms with E-state index in [1.807, 2.05) is 11.0 Å². The fourth-order valence-corrected chi connectivity index (χ4v) is 4.36. The molecule has 0 bridgehead atoms. The smallest absolute Gasteiger partial charge is 0.359 e. The van der Waals surface area contributed by atoms with Gasteiger partial charge in [0, 0.05) is 53.7 Å². The van der Waals surface area contributed by atoms with Crippen molar-refractivity contribution in [2.24, 2.45) is 0 Å². The lowest BCUT2D eigenvalue weighted by Gasteiger charge is -2.26. The van der Waals surface area contributed by atoms with E-state index in [2.05, 4.69) is 15.6 Å². The van der Waals surface area contributed by atoms with E-state index in [1.54, 1.807) is 18.2 Å². The van der Waals surface area contributed by atoms with Gasteiger partial charge in [0.1, 0.15) is 11.6 Å². The van der Waals surface area contributed by atoms with Crippen LogP contribution < -0.4 is 10.6 Å². The van der Waals surface area contributed by atoms with Gasteiger partial charge in [0.05, 0.1) is 5.69 Å². The standard InChI is InChI=1S/C23H21F5N4OS/c24-15-1-4-20-18(11-15)21(13-29-20)31-22(33)30-16-2-3-17(19(25)12-16)14-5-7-32(8-6-14)9-10-34-23(26,27)28/h1-5,11-13,29H,6-10H2,(H2,30,31,33). The van der Waals surface area contributed by atoms with Gasteiger partial charge in [-0.25, -0.2) is 13.6 Å². The highest BCUT2D eigenvalue weighted by Crippen LogP contribution is 2.31. The maximum absolute atomic E-state index is 14.7. The van der Waals surface area contributed by atoms with E-state index in [0.717, 1.165) is 5.57 Å². The summed E-state index contributed by atoms with van der Waals surface area (Å²) in [6.07, 6.45) is 3.86. The number of nitrogens with one attached hydrogen (secondary N) is 3. The molecule has 0 atom stereocenters. The molecule has 3 N–H and O–H groups in total. The number of nitrogens with zero attached hydrogens (tertiary/aromatic N) is 1. The van der Waals surface area contributed by atoms with Crippen molar-refractivity contribution < 1.29 is 26.7 Å². The van der Waals surface area contributed by atoms with Crippen LogP contribution in [0.15, 0.2) is 48.7 Å². The molecule has 1 aromatic heterocycles. The number of urea groups is 1. The third-order valence-electron chi connectivity index (χ3n) is 5.43. The average Bonchev–Trinajstić information content (AvgIpc) is 3.15. The summed E-state index contributed by atoms with van der Waals surface area (Å²) in [5.41, 5.74) is -1.79. The van der Waals surface area contributed by atoms with Crippen LogP contribution in [0.5, 0.6) is 0 Å². The highest BCUT2D eigenvalue weighted by Gasteiger charge is 2.28. The predicted octanol–water partition coefficient (Wildman–Crippen LogP) is 6.43. The molecule has 0 spiro atoms. The Bertz CT molecular complexity index is 1220. The van der Waals surface area contributed by atoms with E-state index in [9.17, 15) is 26.7 Å². The number of amides is 2. The van der Waals surface area contributed by atoms with Crippen LogP contribution in [0.25, 0.3) is 16.5 Å². The maximum Gasteiger partial charge on any atom is 0.441 e. The SMILES string of the molecule is O=C(Nc1ccc(C2=CCN(CCSC(F)(F)F)CC2)c(F)c1)Nc1c[nH]c2ccc(F)cc12. The average molecular weight is 497 g/mol. The monoisotopic (exact) mass is 496 g/mol. The van der Waals surface area contributed by atoms with Gasteiger partial charge in [-0.05, 0) is 60.2 Å². The molecule has 4 rings (SSSR count). The van der Waals surface area contributed by atoms with E-state index in [0.29, 0.717) is 48.2 Å². The summed E-state index contributed by atoms with van der Waals surface area (Å²) in [7, 11) is 0. The lowest BCUT2D eigenvalue weighted by molar-refractivity contribution is -0.0328. The summed E-state index contributed by atoms with van der Waals surface area (Å²) in [6, 6.07) is 7.89. The van der Waals surface area contributed by atoms with Gasteiger partial charge < -0.3 is 15.6 Å². The third kappa shape index (κ3) is 6.09. The summed E-state index contributed by atoms with van der Waals surface area (Å²) < 4.78 is 65.0. The quantitative estimate of drug-likeness (QED) is 0.345. The zero-order valence-corrected chi connectivity index (χ0v) is 18.6. The van der Waals surface area contributed by atoms with Crippen LogP contribution in [0, 0.1) is 11.6 Å². The lowest BCUT2D eigenvalue weighted by atomic mass is 9.98. The zero-order valence-electron chi connectivity index (χ0n) is 17.8. The number of carbonyl (C=O) groups excluding carboxylic acids is 1. The van der Waals surface area contributed by atoms with E-state index < -0.39 is 23.2 Å². The number of hydrogen-bond donors (Lipinski definition) is 3. The largest absolute Gasteiger partial charge is 0.441 e. The molecule has 2 heterocycles. The summed E-state index contributed by atoms with van der Waals surface area (Å²) >= 11 is -0.0453. The Morgan fingerprint density at radius 1 is 1.12 bits per heavy atom. The molecule has 0 radical (unpaired) electrons. The second-order valence-corrected chi connectivity index (χ2v) is 8.90. The molecule has 0 aliphatic carbocycles. The highest BCUT2D eigenvalue weighted by atomic mass is 32.2. The first-order chi connectivity index (χ1) is 16.2. The lowest BCUT2D eigenvalue weighted by Crippen LogP contribution is -2.31. The fourth-order valence-electron chi connectivity index (χ4n) is 3.78. The molecule has 11 heteroatoms. The number of fused-ring (bicyclic) bond motifs is 1. The summed E-state index contributed by atoms with van der Waals surface area (Å²) in [4.78, 5) is 17.2. The Balaban J connectivity index is 1.35. The van der Waals surface area contributed by atoms with Gasteiger partial charge in [-0.2, -0.15) is 13.2 Å². The molecule has 0 saturated heterocycles. The molecule has 2 aromatic carbocycles. The molecular weight excluding hydrogens is 475 g/mol. The molecule has 2 amide bonds. The maximum atomic E-state index is 14.7. The van der Waals surface area contributed by atoms with Crippen molar-refractivity contribution in [3.05, 3.63) is 65.9 Å². The van der Waals surface area contributed by atoms with Gasteiger partial charge in [0.2, 0.25) is 0 Å². The van der Waals surface area contributed by atoms with Crippen molar-refractivity contribution in [1.82, 2.24) is 9.88 Å². The Labute approximate surface area is 196 Å². The van der Waals surface area contributed by atoms with Gasteiger partial charge in [-0.3, -0.25) is 4.90 Å². The van der Waals surface area contributed by atoms with Crippen LogP contribution in [0.2, 0.25) is 0 Å². The van der Waals surface area contributed by atoms with Gasteiger partial charge in [-0.15, -0.1) is 0 Å². The van der Waals surface area contributed by atoms with Gasteiger partial charge >= 0.3 is 11.5 Å². The molecule has 0 unspecified atom stereocenters. The number of H-pyrrole nitrogens is 1. The number of thioether (sulfide) groups is 1. The third-order valence-corrected chi connectivity index (χ3v) is 6.15. The van der Waals surface area contributed by atoms with E-state index >= 15 is 0 Å². The number of benzene rings is 2. The molecule has 0 saturated carbocycles. The van der Waals surface area contributed by atoms with E-state index in [1.165, 1.54) is 24.4 Å². The molecule has 180 valence electrons. The van der Waals surface area contributed by atoms with Crippen molar-refractivity contribution in [3.63, 3.8) is 0 Å². The van der Waals surface area contributed by atoms with Crippen molar-refractivity contribution in [2.45, 2.75) is 11.9 Å². The van der Waals surface area contributed by atoms with Gasteiger partial charge in [-0.1, -0.05) is 6.08 Å². The number of aromatic nitrogens is 1. The Hall–Kier alpha value is -3.05. The predicted molar refractivity (Wildman–Crippen MR) is 125 cm³/mol. The Morgan fingerprint density at radius 3 is 2.65 bits per heavy atom. The molecule has 1 aliphatic rings. The first kappa shape index (κ1) is 24.1. The number of halogens is 5. The highest BCUT2D eigenvalue weighted by molar-refractivity contribution is 8.00. The minimum Gasteiger partial charge on any atom is -0.359 e. The topological polar surface area (TPSA) is 60.2 Å². The Kier molecular flexibility index (Phi) is 7.13. The van der Waals surface area contributed by atoms with Crippen LogP contribution >= 0.6 is 11.8 Å². The second-order valence-electron chi connectivity index (χ2n) is 7.74. The number of anilines is 2. The van der Waals surface area contributed by atoms with Crippen molar-refractivity contribution in [1.29, 1.82) is 0 Å². The van der Waals surface area contributed by atoms with Crippen LogP contribution in [-0.4, -0.2) is 46.8 Å². The van der Waals surface area contributed by atoms with E-state index in [4.69, 9.17) is 0 Å². The van der Waals surface area contributed by atoms with Gasteiger partial charge in [0.25, 0.3) is 0 Å². The fraction of sp³-hybridized carbons (Fsp3) is 0.261. The summed E-state index contributed by atoms with van der Waals surface area (Å²) in [5.74, 6) is -0.996. The van der Waals surface area contributed by atoms with Crippen molar-refractivity contribution in [3.8, 4) is 0 Å². The molecule has 3 aromatic rings. The first-order valence-corrected chi connectivity index (χ1v) is 11.4. The molecular formula is C23H21F5N4OS. The number of alkyl halides is 3. The van der Waals surface area contributed by atoms with Crippen LogP contribution in [0.4, 0.5) is 38.1 Å². The Morgan fingerprint density at radius 2 is 1.94 bits per heavy atom. The minimum absolute atomic E-state index is 0.0447. The van der Waals surface area contributed by atoms with Crippen molar-refractivity contribution >= 4 is 45.6 Å². The van der Waals surface area contributed by atoms with Crippen molar-refractivity contribution in [2.75, 3.05) is 36.0 Å². The zero-order chi connectivity index (χ0) is 24.3. The van der Waals surface area contributed by atoms with Gasteiger partial charge in [0.15, 0.2) is 0 Å². The van der Waals surface area contributed by atoms with Crippen LogP contribution in [0.3, 0.4) is 0 Å².